The molecule has 0 spiro atoms. The van der Waals surface area contributed by atoms with Gasteiger partial charge < -0.3 is 19.7 Å². The van der Waals surface area contributed by atoms with Gasteiger partial charge >= 0.3 is 0 Å². The third-order valence-corrected chi connectivity index (χ3v) is 5.62. The summed E-state index contributed by atoms with van der Waals surface area (Å²) in [6.07, 6.45) is 0. The Morgan fingerprint density at radius 3 is 2.47 bits per heavy atom. The molecule has 0 unspecified atom stereocenters. The standard InChI is InChI=1S/C24H24Cl2N2O2/c25-20-7-5-18(6-8-20)17-30-24-4-2-1-3-19(24)16-27-21-9-10-23(22(26)15-21)28-11-13-29-14-12-28/h1-10,15,27H,11-14,16-17H2. The lowest BCUT2D eigenvalue weighted by atomic mass is 10.2. The van der Waals surface area contributed by atoms with E-state index in [1.807, 2.05) is 48.5 Å². The average Bonchev–Trinajstić information content (AvgIpc) is 2.78. The van der Waals surface area contributed by atoms with Gasteiger partial charge in [0.25, 0.3) is 0 Å². The van der Waals surface area contributed by atoms with Crippen LogP contribution in [0.2, 0.25) is 10.0 Å². The number of hydrogen-bond acceptors (Lipinski definition) is 4. The first-order chi connectivity index (χ1) is 14.7. The Morgan fingerprint density at radius 2 is 1.70 bits per heavy atom. The molecule has 1 aliphatic rings. The van der Waals surface area contributed by atoms with E-state index in [1.54, 1.807) is 0 Å². The Bertz CT molecular complexity index is 973. The quantitative estimate of drug-likeness (QED) is 0.484. The van der Waals surface area contributed by atoms with Crippen molar-refractivity contribution in [2.75, 3.05) is 36.5 Å². The summed E-state index contributed by atoms with van der Waals surface area (Å²) in [5.41, 5.74) is 4.19. The molecule has 1 N–H and O–H groups in total. The SMILES string of the molecule is Clc1ccc(COc2ccccc2CNc2ccc(N3CCOCC3)c(Cl)c2)cc1. The summed E-state index contributed by atoms with van der Waals surface area (Å²) in [6.45, 7) is 4.35. The van der Waals surface area contributed by atoms with Gasteiger partial charge in [-0.3, -0.25) is 0 Å². The molecule has 0 amide bonds. The van der Waals surface area contributed by atoms with Gasteiger partial charge in [-0.15, -0.1) is 0 Å². The molecule has 0 saturated carbocycles. The highest BCUT2D eigenvalue weighted by Crippen LogP contribution is 2.30. The van der Waals surface area contributed by atoms with Gasteiger partial charge in [-0.1, -0.05) is 53.5 Å². The van der Waals surface area contributed by atoms with E-state index in [1.165, 1.54) is 0 Å². The Hall–Kier alpha value is -2.40. The van der Waals surface area contributed by atoms with Crippen molar-refractivity contribution in [1.82, 2.24) is 0 Å². The molecule has 0 radical (unpaired) electrons. The first-order valence-corrected chi connectivity index (χ1v) is 10.8. The van der Waals surface area contributed by atoms with E-state index in [9.17, 15) is 0 Å². The van der Waals surface area contributed by atoms with Crippen LogP contribution in [-0.2, 0) is 17.9 Å². The van der Waals surface area contributed by atoms with E-state index < -0.39 is 0 Å². The second kappa shape index (κ2) is 10.1. The fraction of sp³-hybridized carbons (Fsp3) is 0.250. The van der Waals surface area contributed by atoms with E-state index in [0.29, 0.717) is 13.2 Å². The molecule has 0 atom stereocenters. The normalized spacial score (nSPS) is 13.9. The number of morpholine rings is 1. The fourth-order valence-electron chi connectivity index (χ4n) is 3.41. The number of benzene rings is 3. The van der Waals surface area contributed by atoms with Crippen LogP contribution in [0.3, 0.4) is 0 Å². The van der Waals surface area contributed by atoms with Crippen molar-refractivity contribution in [3.63, 3.8) is 0 Å². The first kappa shape index (κ1) is 20.9. The Kier molecular flexibility index (Phi) is 7.00. The van der Waals surface area contributed by atoms with Gasteiger partial charge in [0.05, 0.1) is 23.9 Å². The number of ether oxygens (including phenoxy) is 2. The number of halogens is 2. The van der Waals surface area contributed by atoms with Crippen LogP contribution in [0, 0.1) is 0 Å². The molecule has 1 heterocycles. The second-order valence-electron chi connectivity index (χ2n) is 7.14. The van der Waals surface area contributed by atoms with Crippen LogP contribution in [-0.4, -0.2) is 26.3 Å². The maximum Gasteiger partial charge on any atom is 0.124 e. The van der Waals surface area contributed by atoms with Gasteiger partial charge in [0, 0.05) is 35.9 Å². The zero-order valence-electron chi connectivity index (χ0n) is 16.6. The molecule has 0 bridgehead atoms. The second-order valence-corrected chi connectivity index (χ2v) is 7.99. The summed E-state index contributed by atoms with van der Waals surface area (Å²) < 4.78 is 11.5. The van der Waals surface area contributed by atoms with Crippen molar-refractivity contribution in [2.24, 2.45) is 0 Å². The number of rotatable bonds is 7. The summed E-state index contributed by atoms with van der Waals surface area (Å²) in [5.74, 6) is 0.857. The zero-order valence-corrected chi connectivity index (χ0v) is 18.1. The first-order valence-electron chi connectivity index (χ1n) is 10.0. The molecule has 0 aromatic heterocycles. The van der Waals surface area contributed by atoms with Gasteiger partial charge in [0.2, 0.25) is 0 Å². The summed E-state index contributed by atoms with van der Waals surface area (Å²) in [7, 11) is 0. The van der Waals surface area contributed by atoms with E-state index in [0.717, 1.165) is 64.6 Å². The molecule has 6 heteroatoms. The Balaban J connectivity index is 1.39. The predicted molar refractivity (Wildman–Crippen MR) is 124 cm³/mol. The van der Waals surface area contributed by atoms with Crippen molar-refractivity contribution in [1.29, 1.82) is 0 Å². The molecule has 4 rings (SSSR count). The number of hydrogen-bond donors (Lipinski definition) is 1. The lowest BCUT2D eigenvalue weighted by Crippen LogP contribution is -2.36. The minimum absolute atomic E-state index is 0.494. The largest absolute Gasteiger partial charge is 0.489 e. The van der Waals surface area contributed by atoms with Crippen LogP contribution in [0.5, 0.6) is 5.75 Å². The van der Waals surface area contributed by atoms with Gasteiger partial charge in [0.15, 0.2) is 0 Å². The molecule has 156 valence electrons. The van der Waals surface area contributed by atoms with Crippen molar-refractivity contribution < 1.29 is 9.47 Å². The minimum atomic E-state index is 0.494. The third-order valence-electron chi connectivity index (χ3n) is 5.06. The Labute approximate surface area is 187 Å². The lowest BCUT2D eigenvalue weighted by molar-refractivity contribution is 0.122. The predicted octanol–water partition coefficient (Wildman–Crippen LogP) is 6.02. The van der Waals surface area contributed by atoms with Crippen LogP contribution in [0.15, 0.2) is 66.7 Å². The lowest BCUT2D eigenvalue weighted by Gasteiger charge is -2.29. The number of para-hydroxylation sites is 1. The maximum absolute atomic E-state index is 6.55. The number of nitrogens with one attached hydrogen (secondary N) is 1. The van der Waals surface area contributed by atoms with E-state index >= 15 is 0 Å². The van der Waals surface area contributed by atoms with Crippen LogP contribution in [0.25, 0.3) is 0 Å². The molecule has 1 fully saturated rings. The average molecular weight is 443 g/mol. The van der Waals surface area contributed by atoms with E-state index in [4.69, 9.17) is 32.7 Å². The van der Waals surface area contributed by atoms with Crippen molar-refractivity contribution in [3.8, 4) is 5.75 Å². The summed E-state index contributed by atoms with van der Waals surface area (Å²) in [6, 6.07) is 21.8. The van der Waals surface area contributed by atoms with Crippen LogP contribution in [0.4, 0.5) is 11.4 Å². The number of anilines is 2. The Morgan fingerprint density at radius 1 is 0.933 bits per heavy atom. The molecule has 4 nitrogen and oxygen atoms in total. The highest BCUT2D eigenvalue weighted by Gasteiger charge is 2.14. The molecule has 0 aliphatic carbocycles. The van der Waals surface area contributed by atoms with Crippen LogP contribution >= 0.6 is 23.2 Å². The number of nitrogens with zero attached hydrogens (tertiary/aromatic N) is 1. The molecule has 1 aliphatic heterocycles. The zero-order chi connectivity index (χ0) is 20.8. The van der Waals surface area contributed by atoms with Crippen molar-refractivity contribution >= 4 is 34.6 Å². The topological polar surface area (TPSA) is 33.7 Å². The van der Waals surface area contributed by atoms with Gasteiger partial charge in [-0.2, -0.15) is 0 Å². The molecular weight excluding hydrogens is 419 g/mol. The smallest absolute Gasteiger partial charge is 0.124 e. The minimum Gasteiger partial charge on any atom is -0.489 e. The van der Waals surface area contributed by atoms with E-state index in [2.05, 4.69) is 28.4 Å². The van der Waals surface area contributed by atoms with Gasteiger partial charge in [0.1, 0.15) is 12.4 Å². The monoisotopic (exact) mass is 442 g/mol. The molecule has 30 heavy (non-hydrogen) atoms. The van der Waals surface area contributed by atoms with E-state index in [-0.39, 0.29) is 0 Å². The molecule has 3 aromatic carbocycles. The van der Waals surface area contributed by atoms with Crippen LogP contribution < -0.4 is 15.0 Å². The summed E-state index contributed by atoms with van der Waals surface area (Å²) in [5, 5.41) is 4.92. The highest BCUT2D eigenvalue weighted by atomic mass is 35.5. The van der Waals surface area contributed by atoms with Crippen molar-refractivity contribution in [2.45, 2.75) is 13.2 Å². The molecule has 3 aromatic rings. The fourth-order valence-corrected chi connectivity index (χ4v) is 3.83. The molecular formula is C24H24Cl2N2O2. The van der Waals surface area contributed by atoms with Crippen molar-refractivity contribution in [3.05, 3.63) is 87.9 Å². The van der Waals surface area contributed by atoms with Gasteiger partial charge in [-0.25, -0.2) is 0 Å². The third kappa shape index (κ3) is 5.39. The van der Waals surface area contributed by atoms with Gasteiger partial charge in [-0.05, 0) is 42.0 Å². The summed E-state index contributed by atoms with van der Waals surface area (Å²) in [4.78, 5) is 2.26. The maximum atomic E-state index is 6.55. The van der Waals surface area contributed by atoms with Crippen LogP contribution in [0.1, 0.15) is 11.1 Å². The highest BCUT2D eigenvalue weighted by molar-refractivity contribution is 6.33. The molecule has 1 saturated heterocycles. The summed E-state index contributed by atoms with van der Waals surface area (Å²) >= 11 is 12.5.